The Kier molecular flexibility index (Phi) is 4.08. The molecule has 3 nitrogen and oxygen atoms in total. The first-order chi connectivity index (χ1) is 8.08. The Bertz CT molecular complexity index is 271. The fraction of sp³-hybridized carbons (Fsp3) is 0.929. The molecule has 0 radical (unpaired) electrons. The number of amides is 1. The van der Waals surface area contributed by atoms with Gasteiger partial charge in [-0.05, 0) is 43.9 Å². The lowest BCUT2D eigenvalue weighted by molar-refractivity contribution is -0.139. The molecule has 0 aromatic carbocycles. The molecule has 0 aromatic rings. The lowest BCUT2D eigenvalue weighted by atomic mass is 9.83. The number of nitrogens with zero attached hydrogens (tertiary/aromatic N) is 1. The first-order valence-electron chi connectivity index (χ1n) is 7.12. The molecule has 2 N–H and O–H groups in total. The van der Waals surface area contributed by atoms with Crippen molar-refractivity contribution in [2.45, 2.75) is 52.0 Å². The highest BCUT2D eigenvalue weighted by Gasteiger charge is 2.31. The number of hydrogen-bond donors (Lipinski definition) is 1. The Labute approximate surface area is 105 Å². The van der Waals surface area contributed by atoms with Gasteiger partial charge in [-0.3, -0.25) is 4.79 Å². The summed E-state index contributed by atoms with van der Waals surface area (Å²) in [5.74, 6) is 2.07. The standard InChI is InChI=1S/C14H26N2O/c1-10-7-8-16(9-11(10)2)14(17)12-3-5-13(15)6-4-12/h10-13H,3-9,15H2,1-2H3. The number of nitrogens with two attached hydrogens (primary N) is 1. The summed E-state index contributed by atoms with van der Waals surface area (Å²) < 4.78 is 0. The molecule has 0 bridgehead atoms. The molecule has 2 atom stereocenters. The van der Waals surface area contributed by atoms with Gasteiger partial charge in [0.1, 0.15) is 0 Å². The molecule has 0 aromatic heterocycles. The Hall–Kier alpha value is -0.570. The van der Waals surface area contributed by atoms with Crippen LogP contribution in [0.15, 0.2) is 0 Å². The lowest BCUT2D eigenvalue weighted by Gasteiger charge is -2.38. The molecule has 1 aliphatic heterocycles. The Morgan fingerprint density at radius 1 is 1.06 bits per heavy atom. The summed E-state index contributed by atoms with van der Waals surface area (Å²) in [4.78, 5) is 14.5. The van der Waals surface area contributed by atoms with E-state index in [9.17, 15) is 4.79 Å². The molecule has 17 heavy (non-hydrogen) atoms. The number of likely N-dealkylation sites (tertiary alicyclic amines) is 1. The smallest absolute Gasteiger partial charge is 0.225 e. The minimum absolute atomic E-state index is 0.260. The van der Waals surface area contributed by atoms with Crippen LogP contribution < -0.4 is 5.73 Å². The van der Waals surface area contributed by atoms with Crippen LogP contribution in [0.5, 0.6) is 0 Å². The average molecular weight is 238 g/mol. The molecule has 98 valence electrons. The molecular weight excluding hydrogens is 212 g/mol. The maximum absolute atomic E-state index is 12.4. The Morgan fingerprint density at radius 3 is 2.29 bits per heavy atom. The zero-order chi connectivity index (χ0) is 12.4. The van der Waals surface area contributed by atoms with Crippen molar-refractivity contribution >= 4 is 5.91 Å². The molecule has 2 unspecified atom stereocenters. The SMILES string of the molecule is CC1CCN(C(=O)C2CCC(N)CC2)CC1C. The van der Waals surface area contributed by atoms with Crippen molar-refractivity contribution in [1.29, 1.82) is 0 Å². The van der Waals surface area contributed by atoms with Crippen molar-refractivity contribution in [2.75, 3.05) is 13.1 Å². The summed E-state index contributed by atoms with van der Waals surface area (Å²) in [6, 6.07) is 0.333. The second-order valence-corrected chi connectivity index (χ2v) is 6.14. The van der Waals surface area contributed by atoms with Crippen LogP contribution in [0, 0.1) is 17.8 Å². The van der Waals surface area contributed by atoms with Crippen LogP contribution in [-0.4, -0.2) is 29.9 Å². The molecule has 0 spiro atoms. The second kappa shape index (κ2) is 5.38. The highest BCUT2D eigenvalue weighted by Crippen LogP contribution is 2.28. The fourth-order valence-electron chi connectivity index (χ4n) is 3.09. The van der Waals surface area contributed by atoms with Crippen LogP contribution in [0.1, 0.15) is 46.0 Å². The van der Waals surface area contributed by atoms with Crippen LogP contribution >= 0.6 is 0 Å². The van der Waals surface area contributed by atoms with Gasteiger partial charge in [0.2, 0.25) is 5.91 Å². The first kappa shape index (κ1) is 12.9. The monoisotopic (exact) mass is 238 g/mol. The van der Waals surface area contributed by atoms with Crippen LogP contribution in [0.25, 0.3) is 0 Å². The molecule has 1 amide bonds. The summed E-state index contributed by atoms with van der Waals surface area (Å²) in [7, 11) is 0. The molecule has 2 rings (SSSR count). The molecular formula is C14H26N2O. The van der Waals surface area contributed by atoms with Gasteiger partial charge in [-0.15, -0.1) is 0 Å². The van der Waals surface area contributed by atoms with E-state index in [0.717, 1.165) is 44.7 Å². The van der Waals surface area contributed by atoms with Gasteiger partial charge in [0.15, 0.2) is 0 Å². The van der Waals surface area contributed by atoms with Crippen molar-refractivity contribution in [3.05, 3.63) is 0 Å². The van der Waals surface area contributed by atoms with Crippen LogP contribution in [-0.2, 0) is 4.79 Å². The normalized spacial score (nSPS) is 39.1. The van der Waals surface area contributed by atoms with Gasteiger partial charge >= 0.3 is 0 Å². The maximum Gasteiger partial charge on any atom is 0.225 e. The van der Waals surface area contributed by atoms with E-state index < -0.39 is 0 Å². The summed E-state index contributed by atoms with van der Waals surface area (Å²) in [6.45, 7) is 6.49. The minimum atomic E-state index is 0.260. The van der Waals surface area contributed by atoms with E-state index in [-0.39, 0.29) is 5.92 Å². The summed E-state index contributed by atoms with van der Waals surface area (Å²) >= 11 is 0. The average Bonchev–Trinajstić information content (AvgIpc) is 2.33. The predicted octanol–water partition coefficient (Wildman–Crippen LogP) is 2.01. The number of carbonyl (C=O) groups excluding carboxylic acids is 1. The van der Waals surface area contributed by atoms with E-state index >= 15 is 0 Å². The number of rotatable bonds is 1. The van der Waals surface area contributed by atoms with Crippen LogP contribution in [0.2, 0.25) is 0 Å². The Morgan fingerprint density at radius 2 is 1.71 bits per heavy atom. The third-order valence-electron chi connectivity index (χ3n) is 4.77. The second-order valence-electron chi connectivity index (χ2n) is 6.14. The van der Waals surface area contributed by atoms with E-state index in [1.165, 1.54) is 6.42 Å². The van der Waals surface area contributed by atoms with Crippen molar-refractivity contribution in [3.8, 4) is 0 Å². The summed E-state index contributed by atoms with van der Waals surface area (Å²) in [6.07, 6.45) is 5.21. The quantitative estimate of drug-likeness (QED) is 0.759. The maximum atomic E-state index is 12.4. The number of carbonyl (C=O) groups is 1. The van der Waals surface area contributed by atoms with E-state index in [1.807, 2.05) is 0 Å². The van der Waals surface area contributed by atoms with Gasteiger partial charge in [-0.1, -0.05) is 13.8 Å². The van der Waals surface area contributed by atoms with Gasteiger partial charge < -0.3 is 10.6 Å². The zero-order valence-corrected chi connectivity index (χ0v) is 11.2. The van der Waals surface area contributed by atoms with E-state index in [2.05, 4.69) is 18.7 Å². The van der Waals surface area contributed by atoms with Gasteiger partial charge in [0, 0.05) is 25.0 Å². The predicted molar refractivity (Wildman–Crippen MR) is 69.5 cm³/mol. The number of piperidine rings is 1. The van der Waals surface area contributed by atoms with Gasteiger partial charge in [0.25, 0.3) is 0 Å². The molecule has 2 fully saturated rings. The van der Waals surface area contributed by atoms with Crippen LogP contribution in [0.4, 0.5) is 0 Å². The van der Waals surface area contributed by atoms with Crippen LogP contribution in [0.3, 0.4) is 0 Å². The van der Waals surface area contributed by atoms with Gasteiger partial charge in [0.05, 0.1) is 0 Å². The van der Waals surface area contributed by atoms with Crippen molar-refractivity contribution in [1.82, 2.24) is 4.90 Å². The van der Waals surface area contributed by atoms with E-state index in [4.69, 9.17) is 5.73 Å². The fourth-order valence-corrected chi connectivity index (χ4v) is 3.09. The van der Waals surface area contributed by atoms with Crippen molar-refractivity contribution in [3.63, 3.8) is 0 Å². The molecule has 1 heterocycles. The van der Waals surface area contributed by atoms with Gasteiger partial charge in [-0.25, -0.2) is 0 Å². The molecule has 1 aliphatic carbocycles. The summed E-state index contributed by atoms with van der Waals surface area (Å²) in [5.41, 5.74) is 5.89. The molecule has 2 aliphatic rings. The van der Waals surface area contributed by atoms with E-state index in [0.29, 0.717) is 17.9 Å². The molecule has 3 heteroatoms. The third kappa shape index (κ3) is 3.01. The zero-order valence-electron chi connectivity index (χ0n) is 11.2. The molecule has 1 saturated heterocycles. The Balaban J connectivity index is 1.87. The summed E-state index contributed by atoms with van der Waals surface area (Å²) in [5, 5.41) is 0. The third-order valence-corrected chi connectivity index (χ3v) is 4.77. The van der Waals surface area contributed by atoms with Gasteiger partial charge in [-0.2, -0.15) is 0 Å². The highest BCUT2D eigenvalue weighted by atomic mass is 16.2. The van der Waals surface area contributed by atoms with Crippen molar-refractivity contribution < 1.29 is 4.79 Å². The van der Waals surface area contributed by atoms with Crippen molar-refractivity contribution in [2.24, 2.45) is 23.5 Å². The lowest BCUT2D eigenvalue weighted by Crippen LogP contribution is -2.46. The minimum Gasteiger partial charge on any atom is -0.342 e. The van der Waals surface area contributed by atoms with E-state index in [1.54, 1.807) is 0 Å². The first-order valence-corrected chi connectivity index (χ1v) is 7.12. The topological polar surface area (TPSA) is 46.3 Å². The highest BCUT2D eigenvalue weighted by molar-refractivity contribution is 5.79. The molecule has 1 saturated carbocycles. The largest absolute Gasteiger partial charge is 0.342 e. The number of hydrogen-bond acceptors (Lipinski definition) is 2.